The van der Waals surface area contributed by atoms with E-state index < -0.39 is 18.5 Å². The van der Waals surface area contributed by atoms with Crippen LogP contribution in [0, 0.1) is 0 Å². The highest BCUT2D eigenvalue weighted by molar-refractivity contribution is 6.31. The van der Waals surface area contributed by atoms with Crippen molar-refractivity contribution in [2.45, 2.75) is 63.3 Å². The Morgan fingerprint density at radius 2 is 2.00 bits per heavy atom. The monoisotopic (exact) mass is 508 g/mol. The van der Waals surface area contributed by atoms with Gasteiger partial charge >= 0.3 is 6.18 Å². The smallest absolute Gasteiger partial charge is 0.352 e. The summed E-state index contributed by atoms with van der Waals surface area (Å²) in [7, 11) is 0. The number of nitrogens with zero attached hydrogens (tertiary/aromatic N) is 2. The number of aromatic nitrogens is 1. The number of nitrogens with one attached hydrogen (secondary N) is 2. The number of carbonyl (C=O) groups excluding carboxylic acids is 2. The van der Waals surface area contributed by atoms with E-state index in [0.29, 0.717) is 21.7 Å². The zero-order valence-corrected chi connectivity index (χ0v) is 20.0. The summed E-state index contributed by atoms with van der Waals surface area (Å²) in [6.07, 6.45) is 1.13. The van der Waals surface area contributed by atoms with Crippen LogP contribution in [0.1, 0.15) is 65.1 Å². The molecular weight excluding hydrogens is 481 g/mol. The second kappa shape index (κ2) is 11.0. The minimum absolute atomic E-state index is 0.0576. The van der Waals surface area contributed by atoms with Gasteiger partial charge < -0.3 is 15.5 Å². The van der Waals surface area contributed by atoms with E-state index in [1.807, 2.05) is 11.0 Å². The van der Waals surface area contributed by atoms with Crippen molar-refractivity contribution in [2.75, 3.05) is 13.1 Å². The maximum absolute atomic E-state index is 13.7. The Morgan fingerprint density at radius 3 is 2.69 bits per heavy atom. The van der Waals surface area contributed by atoms with Crippen molar-refractivity contribution in [1.29, 1.82) is 0 Å². The third-order valence-electron chi connectivity index (χ3n) is 6.37. The Kier molecular flexibility index (Phi) is 7.96. The molecule has 0 bridgehead atoms. The Hall–Kier alpha value is -2.65. The van der Waals surface area contributed by atoms with Gasteiger partial charge in [-0.2, -0.15) is 13.2 Å². The van der Waals surface area contributed by atoms with Gasteiger partial charge in [0.05, 0.1) is 5.56 Å². The molecule has 35 heavy (non-hydrogen) atoms. The van der Waals surface area contributed by atoms with Crippen LogP contribution in [0.5, 0.6) is 0 Å². The SMILES string of the molecule is O=C(CC(F)(F)F)NCc1ccc(Cl)c(CN(C(=O)c2cnccc2C2CCCNC2)C2CC2)c1. The summed E-state index contributed by atoms with van der Waals surface area (Å²) in [4.78, 5) is 31.3. The Morgan fingerprint density at radius 1 is 1.20 bits per heavy atom. The summed E-state index contributed by atoms with van der Waals surface area (Å²) in [5.74, 6) is -0.940. The van der Waals surface area contributed by atoms with Crippen LogP contribution >= 0.6 is 11.6 Å². The molecule has 1 saturated heterocycles. The van der Waals surface area contributed by atoms with Gasteiger partial charge in [0, 0.05) is 43.1 Å². The molecule has 2 heterocycles. The van der Waals surface area contributed by atoms with E-state index in [0.717, 1.165) is 44.3 Å². The highest BCUT2D eigenvalue weighted by Gasteiger charge is 2.35. The lowest BCUT2D eigenvalue weighted by Gasteiger charge is -2.28. The molecule has 2 amide bonds. The molecule has 2 aromatic rings. The van der Waals surface area contributed by atoms with Crippen molar-refractivity contribution in [2.24, 2.45) is 0 Å². The van der Waals surface area contributed by atoms with Crippen LogP contribution < -0.4 is 10.6 Å². The molecule has 2 aliphatic rings. The van der Waals surface area contributed by atoms with Crippen molar-refractivity contribution in [3.8, 4) is 0 Å². The molecule has 4 rings (SSSR count). The quantitative estimate of drug-likeness (QED) is 0.547. The van der Waals surface area contributed by atoms with Gasteiger partial charge in [0.25, 0.3) is 5.91 Å². The predicted molar refractivity (Wildman–Crippen MR) is 126 cm³/mol. The number of hydrogen-bond donors (Lipinski definition) is 2. The number of pyridine rings is 1. The summed E-state index contributed by atoms with van der Waals surface area (Å²) >= 11 is 6.42. The van der Waals surface area contributed by atoms with E-state index in [-0.39, 0.29) is 31.0 Å². The standard InChI is InChI=1S/C25H28ClF3N4O2/c26-22-6-3-16(12-32-23(34)11-25(27,28)29)10-18(22)15-33(19-4-5-19)24(35)21-14-31-9-7-20(21)17-2-1-8-30-13-17/h3,6-7,9-10,14,17,19,30H,1-2,4-5,8,11-13,15H2,(H,32,34). The molecule has 1 aromatic heterocycles. The average molecular weight is 509 g/mol. The van der Waals surface area contributed by atoms with Crippen LogP contribution in [0.25, 0.3) is 0 Å². The van der Waals surface area contributed by atoms with Gasteiger partial charge in [0.15, 0.2) is 0 Å². The number of amides is 2. The third kappa shape index (κ3) is 6.95. The zero-order valence-electron chi connectivity index (χ0n) is 19.2. The lowest BCUT2D eigenvalue weighted by Crippen LogP contribution is -2.35. The fraction of sp³-hybridized carbons (Fsp3) is 0.480. The summed E-state index contributed by atoms with van der Waals surface area (Å²) < 4.78 is 37.2. The largest absolute Gasteiger partial charge is 0.397 e. The van der Waals surface area contributed by atoms with E-state index in [9.17, 15) is 22.8 Å². The minimum Gasteiger partial charge on any atom is -0.352 e. The summed E-state index contributed by atoms with van der Waals surface area (Å²) in [6, 6.07) is 7.05. The lowest BCUT2D eigenvalue weighted by atomic mass is 9.89. The van der Waals surface area contributed by atoms with Gasteiger partial charge in [-0.3, -0.25) is 14.6 Å². The van der Waals surface area contributed by atoms with Gasteiger partial charge in [-0.1, -0.05) is 23.7 Å². The van der Waals surface area contributed by atoms with Gasteiger partial charge in [-0.15, -0.1) is 0 Å². The van der Waals surface area contributed by atoms with Crippen LogP contribution in [-0.2, 0) is 17.9 Å². The molecule has 188 valence electrons. The van der Waals surface area contributed by atoms with Gasteiger partial charge in [0.2, 0.25) is 5.91 Å². The second-order valence-corrected chi connectivity index (χ2v) is 9.57. The molecule has 6 nitrogen and oxygen atoms in total. The lowest BCUT2D eigenvalue weighted by molar-refractivity contribution is -0.153. The molecule has 0 radical (unpaired) electrons. The molecule has 10 heteroatoms. The van der Waals surface area contributed by atoms with Crippen LogP contribution in [0.15, 0.2) is 36.7 Å². The summed E-state index contributed by atoms with van der Waals surface area (Å²) in [5, 5.41) is 6.14. The van der Waals surface area contributed by atoms with Crippen molar-refractivity contribution in [3.63, 3.8) is 0 Å². The van der Waals surface area contributed by atoms with Gasteiger partial charge in [0.1, 0.15) is 6.42 Å². The Bertz CT molecular complexity index is 1070. The number of halogens is 4. The van der Waals surface area contributed by atoms with Gasteiger partial charge in [-0.05, 0) is 67.0 Å². The van der Waals surface area contributed by atoms with Gasteiger partial charge in [-0.25, -0.2) is 0 Å². The molecule has 0 spiro atoms. The van der Waals surface area contributed by atoms with E-state index in [1.165, 1.54) is 0 Å². The van der Waals surface area contributed by atoms with Crippen molar-refractivity contribution >= 4 is 23.4 Å². The van der Waals surface area contributed by atoms with Crippen LogP contribution in [0.4, 0.5) is 13.2 Å². The highest BCUT2D eigenvalue weighted by atomic mass is 35.5. The highest BCUT2D eigenvalue weighted by Crippen LogP contribution is 2.34. The summed E-state index contributed by atoms with van der Waals surface area (Å²) in [6.45, 7) is 2.01. The molecule has 1 saturated carbocycles. The van der Waals surface area contributed by atoms with Crippen molar-refractivity contribution < 1.29 is 22.8 Å². The summed E-state index contributed by atoms with van der Waals surface area (Å²) in [5.41, 5.74) is 2.88. The first kappa shape index (κ1) is 25.4. The average Bonchev–Trinajstić information content (AvgIpc) is 3.67. The molecule has 1 aliphatic heterocycles. The number of hydrogen-bond acceptors (Lipinski definition) is 4. The topological polar surface area (TPSA) is 74.3 Å². The van der Waals surface area contributed by atoms with E-state index in [4.69, 9.17) is 11.6 Å². The van der Waals surface area contributed by atoms with Crippen molar-refractivity contribution in [1.82, 2.24) is 20.5 Å². The maximum atomic E-state index is 13.7. The first-order chi connectivity index (χ1) is 16.7. The number of carbonyl (C=O) groups is 2. The van der Waals surface area contributed by atoms with Crippen molar-refractivity contribution in [3.05, 3.63) is 63.9 Å². The third-order valence-corrected chi connectivity index (χ3v) is 6.74. The van der Waals surface area contributed by atoms with E-state index in [2.05, 4.69) is 15.6 Å². The predicted octanol–water partition coefficient (Wildman–Crippen LogP) is 4.58. The molecule has 1 aromatic carbocycles. The number of benzene rings is 1. The fourth-order valence-electron chi connectivity index (χ4n) is 4.45. The normalized spacial score (nSPS) is 18.2. The van der Waals surface area contributed by atoms with Crippen LogP contribution in [0.2, 0.25) is 5.02 Å². The first-order valence-corrected chi connectivity index (χ1v) is 12.2. The maximum Gasteiger partial charge on any atom is 0.397 e. The number of rotatable bonds is 8. The first-order valence-electron chi connectivity index (χ1n) is 11.8. The molecule has 2 N–H and O–H groups in total. The zero-order chi connectivity index (χ0) is 25.0. The Labute approximate surface area is 207 Å². The minimum atomic E-state index is -4.56. The Balaban J connectivity index is 1.50. The van der Waals surface area contributed by atoms with E-state index in [1.54, 1.807) is 30.6 Å². The number of alkyl halides is 3. The molecule has 1 aliphatic carbocycles. The van der Waals surface area contributed by atoms with E-state index >= 15 is 0 Å². The molecular formula is C25H28ClF3N4O2. The molecule has 1 atom stereocenters. The fourth-order valence-corrected chi connectivity index (χ4v) is 4.63. The van der Waals surface area contributed by atoms with Crippen LogP contribution in [-0.4, -0.2) is 47.0 Å². The number of piperidine rings is 1. The van der Waals surface area contributed by atoms with Crippen LogP contribution in [0.3, 0.4) is 0 Å². The molecule has 2 fully saturated rings. The molecule has 1 unspecified atom stereocenters. The second-order valence-electron chi connectivity index (χ2n) is 9.16.